The number of nitrogens with zero attached hydrogens (tertiary/aromatic N) is 2. The van der Waals surface area contributed by atoms with Crippen molar-refractivity contribution in [3.8, 4) is 10.8 Å². The largest absolute Gasteiger partial charge is 0.462 e. The molecule has 1 aromatic carbocycles. The topological polar surface area (TPSA) is 60.1 Å². The van der Waals surface area contributed by atoms with Crippen LogP contribution in [0.4, 0.5) is 0 Å². The van der Waals surface area contributed by atoms with Crippen molar-refractivity contribution < 1.29 is 9.21 Å². The summed E-state index contributed by atoms with van der Waals surface area (Å²) in [6.07, 6.45) is 3.58. The van der Waals surface area contributed by atoms with Gasteiger partial charge in [0.15, 0.2) is 10.8 Å². The predicted molar refractivity (Wildman–Crippen MR) is 98.3 cm³/mol. The highest BCUT2D eigenvalue weighted by Gasteiger charge is 2.12. The zero-order valence-electron chi connectivity index (χ0n) is 13.7. The summed E-state index contributed by atoms with van der Waals surface area (Å²) in [7, 11) is 0. The Morgan fingerprint density at radius 1 is 1.24 bits per heavy atom. The number of amides is 1. The average molecular weight is 351 g/mol. The van der Waals surface area contributed by atoms with E-state index < -0.39 is 0 Å². The number of hydrogen-bond donors (Lipinski definition) is 1. The second kappa shape index (κ2) is 6.57. The van der Waals surface area contributed by atoms with Crippen molar-refractivity contribution in [2.24, 2.45) is 0 Å². The number of nitrogens with one attached hydrogen (secondary N) is 1. The van der Waals surface area contributed by atoms with Crippen molar-refractivity contribution in [3.05, 3.63) is 65.5 Å². The molecule has 4 rings (SSSR count). The third kappa shape index (κ3) is 3.21. The molecule has 1 N–H and O–H groups in total. The molecule has 0 atom stereocenters. The van der Waals surface area contributed by atoms with Gasteiger partial charge in [0.05, 0.1) is 18.5 Å². The van der Waals surface area contributed by atoms with Gasteiger partial charge in [-0.2, -0.15) is 0 Å². The monoisotopic (exact) mass is 351 g/mol. The molecule has 0 saturated carbocycles. The second-order valence-electron chi connectivity index (χ2n) is 5.78. The zero-order chi connectivity index (χ0) is 17.2. The number of furan rings is 1. The first-order chi connectivity index (χ1) is 12.2. The highest BCUT2D eigenvalue weighted by molar-refractivity contribution is 7.15. The highest BCUT2D eigenvalue weighted by atomic mass is 32.1. The smallest absolute Gasteiger partial charge is 0.240 e. The molecule has 0 aliphatic rings. The molecule has 0 radical (unpaired) electrons. The molecule has 0 aliphatic carbocycles. The van der Waals surface area contributed by atoms with Crippen molar-refractivity contribution in [3.63, 3.8) is 0 Å². The van der Waals surface area contributed by atoms with Gasteiger partial charge in [0.2, 0.25) is 5.91 Å². The molecule has 4 aromatic rings. The van der Waals surface area contributed by atoms with Crippen LogP contribution in [0.25, 0.3) is 21.7 Å². The minimum atomic E-state index is -0.0197. The van der Waals surface area contributed by atoms with Gasteiger partial charge >= 0.3 is 0 Å². The van der Waals surface area contributed by atoms with Crippen LogP contribution in [-0.2, 0) is 17.9 Å². The Morgan fingerprint density at radius 3 is 2.96 bits per heavy atom. The molecule has 0 aliphatic heterocycles. The van der Waals surface area contributed by atoms with Crippen LogP contribution in [0.5, 0.6) is 0 Å². The molecule has 0 saturated heterocycles. The van der Waals surface area contributed by atoms with Gasteiger partial charge in [-0.1, -0.05) is 18.2 Å². The van der Waals surface area contributed by atoms with E-state index in [4.69, 9.17) is 4.42 Å². The fourth-order valence-electron chi connectivity index (χ4n) is 2.77. The maximum absolute atomic E-state index is 12.3. The van der Waals surface area contributed by atoms with Crippen LogP contribution in [0.3, 0.4) is 0 Å². The SMILES string of the molecule is Cc1nc(-c2ccco2)sc1CNC(=O)Cn1ccc2ccccc21. The fourth-order valence-corrected chi connectivity index (χ4v) is 3.74. The van der Waals surface area contributed by atoms with E-state index >= 15 is 0 Å². The fraction of sp³-hybridized carbons (Fsp3) is 0.158. The van der Waals surface area contributed by atoms with Crippen molar-refractivity contribution in [1.29, 1.82) is 0 Å². The lowest BCUT2D eigenvalue weighted by Gasteiger charge is -2.07. The number of aromatic nitrogens is 2. The summed E-state index contributed by atoms with van der Waals surface area (Å²) in [5, 5.41) is 4.95. The molecular weight excluding hydrogens is 334 g/mol. The van der Waals surface area contributed by atoms with E-state index in [0.717, 1.165) is 32.2 Å². The summed E-state index contributed by atoms with van der Waals surface area (Å²) < 4.78 is 7.34. The molecule has 0 spiro atoms. The summed E-state index contributed by atoms with van der Waals surface area (Å²) in [6, 6.07) is 13.8. The third-order valence-electron chi connectivity index (χ3n) is 4.06. The van der Waals surface area contributed by atoms with Gasteiger partial charge in [-0.25, -0.2) is 4.98 Å². The first-order valence-electron chi connectivity index (χ1n) is 8.01. The number of rotatable bonds is 5. The van der Waals surface area contributed by atoms with Crippen molar-refractivity contribution in [2.75, 3.05) is 0 Å². The van der Waals surface area contributed by atoms with Gasteiger partial charge < -0.3 is 14.3 Å². The Morgan fingerprint density at radius 2 is 2.12 bits per heavy atom. The number of hydrogen-bond acceptors (Lipinski definition) is 4. The van der Waals surface area contributed by atoms with Crippen molar-refractivity contribution in [2.45, 2.75) is 20.0 Å². The Balaban J connectivity index is 1.42. The van der Waals surface area contributed by atoms with Crippen LogP contribution in [0.1, 0.15) is 10.6 Å². The first-order valence-corrected chi connectivity index (χ1v) is 8.83. The quantitative estimate of drug-likeness (QED) is 0.591. The number of fused-ring (bicyclic) bond motifs is 1. The van der Waals surface area contributed by atoms with Crippen molar-refractivity contribution in [1.82, 2.24) is 14.9 Å². The minimum absolute atomic E-state index is 0.0197. The molecule has 3 aromatic heterocycles. The van der Waals surface area contributed by atoms with Gasteiger partial charge in [0, 0.05) is 16.6 Å². The van der Waals surface area contributed by atoms with Gasteiger partial charge in [0.25, 0.3) is 0 Å². The Kier molecular flexibility index (Phi) is 4.11. The molecule has 0 bridgehead atoms. The lowest BCUT2D eigenvalue weighted by Crippen LogP contribution is -2.26. The molecule has 1 amide bonds. The number of para-hydroxylation sites is 1. The lowest BCUT2D eigenvalue weighted by atomic mass is 10.2. The summed E-state index contributed by atoms with van der Waals surface area (Å²) in [5.41, 5.74) is 1.98. The molecule has 6 heteroatoms. The van der Waals surface area contributed by atoms with Gasteiger partial charge in [-0.3, -0.25) is 4.79 Å². The molecule has 0 unspecified atom stereocenters. The van der Waals surface area contributed by atoms with Crippen molar-refractivity contribution >= 4 is 28.1 Å². The second-order valence-corrected chi connectivity index (χ2v) is 6.87. The maximum Gasteiger partial charge on any atom is 0.240 e. The van der Waals surface area contributed by atoms with E-state index in [1.54, 1.807) is 17.6 Å². The van der Waals surface area contributed by atoms with E-state index in [2.05, 4.69) is 10.3 Å². The van der Waals surface area contributed by atoms with E-state index in [-0.39, 0.29) is 5.91 Å². The maximum atomic E-state index is 12.3. The predicted octanol–water partition coefficient (Wildman–Crippen LogP) is 3.98. The highest BCUT2D eigenvalue weighted by Crippen LogP contribution is 2.28. The summed E-state index contributed by atoms with van der Waals surface area (Å²) >= 11 is 1.54. The van der Waals surface area contributed by atoms with Crippen LogP contribution in [0.15, 0.2) is 59.3 Å². The van der Waals surface area contributed by atoms with E-state index in [1.807, 2.05) is 60.2 Å². The van der Waals surface area contributed by atoms with E-state index in [1.165, 1.54) is 0 Å². The van der Waals surface area contributed by atoms with E-state index in [0.29, 0.717) is 13.1 Å². The number of aryl methyl sites for hydroxylation is 1. The molecule has 5 nitrogen and oxygen atoms in total. The molecule has 126 valence electrons. The summed E-state index contributed by atoms with van der Waals surface area (Å²) in [6.45, 7) is 2.72. The third-order valence-corrected chi connectivity index (χ3v) is 5.24. The van der Waals surface area contributed by atoms with Crippen LogP contribution >= 0.6 is 11.3 Å². The van der Waals surface area contributed by atoms with Gasteiger partial charge in [-0.05, 0) is 36.6 Å². The minimum Gasteiger partial charge on any atom is -0.462 e. The van der Waals surface area contributed by atoms with Crippen LogP contribution in [-0.4, -0.2) is 15.5 Å². The number of carbonyl (C=O) groups is 1. The Labute approximate surface area is 148 Å². The molecular formula is C19H17N3O2S. The van der Waals surface area contributed by atoms with Crippen LogP contribution < -0.4 is 5.32 Å². The van der Waals surface area contributed by atoms with Gasteiger partial charge in [-0.15, -0.1) is 11.3 Å². The normalized spacial score (nSPS) is 11.1. The Hall–Kier alpha value is -2.86. The molecule has 0 fully saturated rings. The van der Waals surface area contributed by atoms with Crippen LogP contribution in [0, 0.1) is 6.92 Å². The molecule has 3 heterocycles. The van der Waals surface area contributed by atoms with Gasteiger partial charge in [0.1, 0.15) is 6.54 Å². The number of benzene rings is 1. The Bertz CT molecular complexity index is 1010. The van der Waals surface area contributed by atoms with E-state index in [9.17, 15) is 4.79 Å². The number of carbonyl (C=O) groups excluding carboxylic acids is 1. The standard InChI is InChI=1S/C19H17N3O2S/c1-13-17(25-19(21-13)16-7-4-10-24-16)11-20-18(23)12-22-9-8-14-5-2-3-6-15(14)22/h2-10H,11-12H2,1H3,(H,20,23). The first kappa shape index (κ1) is 15.7. The average Bonchev–Trinajstić information content (AvgIpc) is 3.34. The summed E-state index contributed by atoms with van der Waals surface area (Å²) in [4.78, 5) is 17.9. The summed E-state index contributed by atoms with van der Waals surface area (Å²) in [5.74, 6) is 0.734. The van der Waals surface area contributed by atoms with Crippen LogP contribution in [0.2, 0.25) is 0 Å². The molecule has 25 heavy (non-hydrogen) atoms. The zero-order valence-corrected chi connectivity index (χ0v) is 14.5. The number of thiazole rings is 1. The lowest BCUT2D eigenvalue weighted by molar-refractivity contribution is -0.121.